The van der Waals surface area contributed by atoms with Crippen LogP contribution in [0.5, 0.6) is 5.75 Å². The van der Waals surface area contributed by atoms with Crippen molar-refractivity contribution in [1.82, 2.24) is 9.71 Å². The van der Waals surface area contributed by atoms with Crippen LogP contribution in [0.3, 0.4) is 0 Å². The van der Waals surface area contributed by atoms with Crippen molar-refractivity contribution in [2.45, 2.75) is 17.9 Å². The Morgan fingerprint density at radius 2 is 2.20 bits per heavy atom. The number of ether oxygens (including phenoxy) is 1. The van der Waals surface area contributed by atoms with Crippen LogP contribution in [-0.4, -0.2) is 20.5 Å². The Balaban J connectivity index is 2.31. The van der Waals surface area contributed by atoms with E-state index >= 15 is 0 Å². The number of nitrogen functional groups attached to an aromatic ring is 1. The first-order valence-electron chi connectivity index (χ1n) is 5.79. The quantitative estimate of drug-likeness (QED) is 0.820. The first kappa shape index (κ1) is 14.8. The Bertz CT molecular complexity index is 684. The van der Waals surface area contributed by atoms with Crippen LogP contribution in [0.25, 0.3) is 0 Å². The second kappa shape index (κ2) is 5.78. The summed E-state index contributed by atoms with van der Waals surface area (Å²) in [6.07, 6.45) is 1.63. The maximum Gasteiger partial charge on any atom is 0.244 e. The molecule has 1 atom stereocenters. The van der Waals surface area contributed by atoms with Gasteiger partial charge in [-0.2, -0.15) is 0 Å². The number of hydrogen-bond acceptors (Lipinski definition) is 6. The third kappa shape index (κ3) is 3.09. The molecule has 0 saturated carbocycles. The van der Waals surface area contributed by atoms with Crippen LogP contribution in [0, 0.1) is 0 Å². The number of thiazole rings is 1. The highest BCUT2D eigenvalue weighted by molar-refractivity contribution is 7.89. The van der Waals surface area contributed by atoms with Crippen molar-refractivity contribution in [3.8, 4) is 5.75 Å². The average Bonchev–Trinajstić information content (AvgIpc) is 2.91. The zero-order valence-corrected chi connectivity index (χ0v) is 12.7. The summed E-state index contributed by atoms with van der Waals surface area (Å²) < 4.78 is 32.4. The first-order valence-corrected chi connectivity index (χ1v) is 8.15. The molecule has 108 valence electrons. The van der Waals surface area contributed by atoms with E-state index in [1.807, 2.05) is 0 Å². The van der Waals surface area contributed by atoms with Gasteiger partial charge in [0.25, 0.3) is 0 Å². The molecule has 8 heteroatoms. The fraction of sp³-hybridized carbons (Fsp3) is 0.250. The molecule has 1 aromatic carbocycles. The summed E-state index contributed by atoms with van der Waals surface area (Å²) in [6.45, 7) is 1.74. The molecule has 20 heavy (non-hydrogen) atoms. The van der Waals surface area contributed by atoms with Gasteiger partial charge in [0.2, 0.25) is 10.0 Å². The second-order valence-corrected chi connectivity index (χ2v) is 6.73. The number of rotatable bonds is 5. The zero-order chi connectivity index (χ0) is 14.8. The average molecular weight is 313 g/mol. The predicted molar refractivity (Wildman–Crippen MR) is 78.3 cm³/mol. The van der Waals surface area contributed by atoms with E-state index in [9.17, 15) is 8.42 Å². The fourth-order valence-electron chi connectivity index (χ4n) is 1.70. The maximum absolute atomic E-state index is 12.4. The highest BCUT2D eigenvalue weighted by Gasteiger charge is 2.23. The number of anilines is 1. The molecule has 0 fully saturated rings. The molecule has 0 bridgehead atoms. The van der Waals surface area contributed by atoms with Crippen LogP contribution >= 0.6 is 11.3 Å². The molecule has 0 spiro atoms. The number of methoxy groups -OCH3 is 1. The Kier molecular flexibility index (Phi) is 4.26. The lowest BCUT2D eigenvalue weighted by Crippen LogP contribution is -2.27. The van der Waals surface area contributed by atoms with Gasteiger partial charge >= 0.3 is 0 Å². The van der Waals surface area contributed by atoms with Crippen LogP contribution in [0.1, 0.15) is 18.0 Å². The fourth-order valence-corrected chi connectivity index (χ4v) is 3.78. The monoisotopic (exact) mass is 313 g/mol. The van der Waals surface area contributed by atoms with Crippen molar-refractivity contribution in [3.63, 3.8) is 0 Å². The van der Waals surface area contributed by atoms with E-state index in [0.717, 1.165) is 0 Å². The molecule has 0 aliphatic carbocycles. The summed E-state index contributed by atoms with van der Waals surface area (Å²) in [6, 6.07) is 4.00. The third-order valence-corrected chi connectivity index (χ3v) is 5.17. The predicted octanol–water partition coefficient (Wildman–Crippen LogP) is 1.77. The minimum atomic E-state index is -3.71. The van der Waals surface area contributed by atoms with Crippen LogP contribution in [0.4, 0.5) is 5.69 Å². The molecule has 0 aliphatic rings. The summed E-state index contributed by atoms with van der Waals surface area (Å²) in [5, 5.41) is 2.49. The van der Waals surface area contributed by atoms with E-state index in [1.54, 1.807) is 18.5 Å². The summed E-state index contributed by atoms with van der Waals surface area (Å²) in [5.41, 5.74) is 6.06. The summed E-state index contributed by atoms with van der Waals surface area (Å²) in [4.78, 5) is 4.14. The van der Waals surface area contributed by atoms with Crippen molar-refractivity contribution in [2.75, 3.05) is 12.8 Å². The number of hydrogen-bond donors (Lipinski definition) is 2. The number of nitrogens with two attached hydrogens (primary N) is 1. The summed E-state index contributed by atoms with van der Waals surface area (Å²) in [7, 11) is -2.31. The van der Waals surface area contributed by atoms with Gasteiger partial charge in [0, 0.05) is 23.3 Å². The van der Waals surface area contributed by atoms with Gasteiger partial charge in [0.05, 0.1) is 13.2 Å². The lowest BCUT2D eigenvalue weighted by molar-refractivity contribution is 0.402. The maximum atomic E-state index is 12.4. The van der Waals surface area contributed by atoms with Crippen molar-refractivity contribution in [3.05, 3.63) is 34.8 Å². The largest absolute Gasteiger partial charge is 0.495 e. The van der Waals surface area contributed by atoms with E-state index < -0.39 is 16.1 Å². The van der Waals surface area contributed by atoms with Crippen LogP contribution in [0.2, 0.25) is 0 Å². The Morgan fingerprint density at radius 3 is 2.80 bits per heavy atom. The lowest BCUT2D eigenvalue weighted by Gasteiger charge is -2.14. The molecule has 2 aromatic rings. The van der Waals surface area contributed by atoms with Gasteiger partial charge in [-0.25, -0.2) is 18.1 Å². The van der Waals surface area contributed by atoms with Crippen LogP contribution in [0.15, 0.2) is 34.7 Å². The molecule has 0 amide bonds. The zero-order valence-electron chi connectivity index (χ0n) is 11.0. The van der Waals surface area contributed by atoms with E-state index in [-0.39, 0.29) is 10.6 Å². The molecular weight excluding hydrogens is 298 g/mol. The van der Waals surface area contributed by atoms with Crippen molar-refractivity contribution >= 4 is 27.0 Å². The molecule has 2 rings (SSSR count). The minimum absolute atomic E-state index is 0.0533. The van der Waals surface area contributed by atoms with E-state index in [4.69, 9.17) is 10.5 Å². The normalized spacial score (nSPS) is 13.1. The number of benzene rings is 1. The van der Waals surface area contributed by atoms with Crippen molar-refractivity contribution in [2.24, 2.45) is 0 Å². The highest BCUT2D eigenvalue weighted by Crippen LogP contribution is 2.27. The molecule has 3 N–H and O–H groups in total. The summed E-state index contributed by atoms with van der Waals surface area (Å²) >= 11 is 1.39. The van der Waals surface area contributed by atoms with Gasteiger partial charge in [0.1, 0.15) is 15.7 Å². The smallest absolute Gasteiger partial charge is 0.244 e. The van der Waals surface area contributed by atoms with Gasteiger partial charge in [-0.05, 0) is 19.1 Å². The summed E-state index contributed by atoms with van der Waals surface area (Å²) in [5.74, 6) is 0.212. The third-order valence-electron chi connectivity index (χ3n) is 2.63. The van der Waals surface area contributed by atoms with Gasteiger partial charge in [0.15, 0.2) is 0 Å². The topological polar surface area (TPSA) is 94.3 Å². The van der Waals surface area contributed by atoms with Crippen molar-refractivity contribution < 1.29 is 13.2 Å². The second-order valence-electron chi connectivity index (χ2n) is 4.12. The molecule has 0 saturated heterocycles. The standard InChI is InChI=1S/C12H15N3O3S2/c1-8(12-14-5-6-19-12)15-20(16,17)11-4-3-9(13)7-10(11)18-2/h3-8,15H,13H2,1-2H3. The molecular formula is C12H15N3O3S2. The molecule has 1 heterocycles. The number of nitrogens with one attached hydrogen (secondary N) is 1. The molecule has 6 nitrogen and oxygen atoms in total. The molecule has 0 aliphatic heterocycles. The van der Waals surface area contributed by atoms with Crippen molar-refractivity contribution in [1.29, 1.82) is 0 Å². The van der Waals surface area contributed by atoms with Crippen LogP contribution in [-0.2, 0) is 10.0 Å². The number of aromatic nitrogens is 1. The first-order chi connectivity index (χ1) is 9.44. The van der Waals surface area contributed by atoms with Gasteiger partial charge in [-0.15, -0.1) is 11.3 Å². The highest BCUT2D eigenvalue weighted by atomic mass is 32.2. The molecule has 0 radical (unpaired) electrons. The Hall–Kier alpha value is -1.64. The van der Waals surface area contributed by atoms with E-state index in [1.165, 1.54) is 36.6 Å². The molecule has 1 aromatic heterocycles. The lowest BCUT2D eigenvalue weighted by atomic mass is 10.3. The Morgan fingerprint density at radius 1 is 1.45 bits per heavy atom. The number of sulfonamides is 1. The SMILES string of the molecule is COc1cc(N)ccc1S(=O)(=O)NC(C)c1nccs1. The number of nitrogens with zero attached hydrogens (tertiary/aromatic N) is 1. The van der Waals surface area contributed by atoms with E-state index in [2.05, 4.69) is 9.71 Å². The van der Waals surface area contributed by atoms with Crippen LogP contribution < -0.4 is 15.2 Å². The minimum Gasteiger partial charge on any atom is -0.495 e. The van der Waals surface area contributed by atoms with E-state index in [0.29, 0.717) is 10.7 Å². The van der Waals surface area contributed by atoms with Gasteiger partial charge in [-0.3, -0.25) is 0 Å². The van der Waals surface area contributed by atoms with Gasteiger partial charge < -0.3 is 10.5 Å². The Labute approximate surface area is 121 Å². The van der Waals surface area contributed by atoms with Gasteiger partial charge in [-0.1, -0.05) is 0 Å². The molecule has 1 unspecified atom stereocenters.